The van der Waals surface area contributed by atoms with Crippen LogP contribution in [0.3, 0.4) is 0 Å². The predicted octanol–water partition coefficient (Wildman–Crippen LogP) is 4.25. The largest absolute Gasteiger partial charge is 0.444 e. The Kier molecular flexibility index (Phi) is 6.77. The maximum atomic E-state index is 13.3. The van der Waals surface area contributed by atoms with Gasteiger partial charge in [-0.2, -0.15) is 0 Å². The van der Waals surface area contributed by atoms with E-state index in [4.69, 9.17) is 9.47 Å². The fraction of sp³-hybridized carbons (Fsp3) is 0.538. The third-order valence-electron chi connectivity index (χ3n) is 6.55. The van der Waals surface area contributed by atoms with Crippen LogP contribution in [0.4, 0.5) is 4.79 Å². The van der Waals surface area contributed by atoms with E-state index in [9.17, 15) is 9.59 Å². The highest BCUT2D eigenvalue weighted by atomic mass is 32.1. The average molecular weight is 486 g/mol. The number of nitrogens with one attached hydrogen (secondary N) is 1. The summed E-state index contributed by atoms with van der Waals surface area (Å²) in [5, 5.41) is 2.89. The first-order valence-electron chi connectivity index (χ1n) is 11.7. The maximum Gasteiger partial charge on any atom is 0.407 e. The van der Waals surface area contributed by atoms with Crippen LogP contribution < -0.4 is 5.32 Å². The van der Waals surface area contributed by atoms with Gasteiger partial charge in [-0.05, 0) is 71.0 Å². The van der Waals surface area contributed by atoms with Gasteiger partial charge < -0.3 is 19.7 Å². The first-order chi connectivity index (χ1) is 16.0. The maximum absolute atomic E-state index is 13.3. The topological polar surface area (TPSA) is 71.1 Å². The van der Waals surface area contributed by atoms with Crippen molar-refractivity contribution in [3.63, 3.8) is 0 Å². The van der Waals surface area contributed by atoms with Crippen molar-refractivity contribution >= 4 is 23.3 Å². The Morgan fingerprint density at radius 3 is 2.44 bits per heavy atom. The van der Waals surface area contributed by atoms with Crippen LogP contribution in [0.25, 0.3) is 10.4 Å². The van der Waals surface area contributed by atoms with Crippen molar-refractivity contribution in [2.24, 2.45) is 0 Å². The third kappa shape index (κ3) is 4.99. The van der Waals surface area contributed by atoms with E-state index in [1.54, 1.807) is 0 Å². The van der Waals surface area contributed by atoms with Crippen LogP contribution in [0.5, 0.6) is 0 Å². The zero-order valence-electron chi connectivity index (χ0n) is 20.9. The summed E-state index contributed by atoms with van der Waals surface area (Å²) in [6.07, 6.45) is 0.287. The molecule has 1 N–H and O–H groups in total. The quantitative estimate of drug-likeness (QED) is 0.686. The zero-order valence-corrected chi connectivity index (χ0v) is 21.8. The Labute approximate surface area is 206 Å². The lowest BCUT2D eigenvalue weighted by molar-refractivity contribution is -0.130. The van der Waals surface area contributed by atoms with E-state index in [0.29, 0.717) is 26.3 Å². The monoisotopic (exact) mass is 485 g/mol. The summed E-state index contributed by atoms with van der Waals surface area (Å²) in [6.45, 7) is 10.0. The van der Waals surface area contributed by atoms with Gasteiger partial charge in [0, 0.05) is 18.0 Å². The van der Waals surface area contributed by atoms with Crippen LogP contribution in [0.15, 0.2) is 30.3 Å². The second kappa shape index (κ2) is 9.32. The van der Waals surface area contributed by atoms with Crippen LogP contribution in [0.2, 0.25) is 0 Å². The van der Waals surface area contributed by atoms with Crippen LogP contribution in [0.1, 0.15) is 48.0 Å². The molecule has 0 spiro atoms. The Bertz CT molecular complexity index is 1050. The van der Waals surface area contributed by atoms with Crippen molar-refractivity contribution in [3.8, 4) is 10.4 Å². The molecule has 0 aliphatic carbocycles. The number of likely N-dealkylation sites (N-methyl/N-ethyl adjacent to an activating group) is 1. The van der Waals surface area contributed by atoms with Crippen LogP contribution >= 0.6 is 11.3 Å². The van der Waals surface area contributed by atoms with Gasteiger partial charge in [-0.1, -0.05) is 24.3 Å². The molecule has 2 aliphatic heterocycles. The number of alkyl carbamates (subject to hydrolysis) is 1. The second-order valence-corrected chi connectivity index (χ2v) is 11.6. The standard InChI is InChI=1S/C26H35N3O4S/c1-17-13-21(18-7-9-19(10-8-18)26(28(5)6)15-32-16-26)34-22(17)23(30)29-12-11-20(14-29)27-24(31)33-25(2,3)4/h7-10,13,20H,11-12,14-16H2,1-6H3,(H,27,31)/t20-/m0/s1. The van der Waals surface area contributed by atoms with Crippen molar-refractivity contribution in [1.82, 2.24) is 15.1 Å². The molecule has 34 heavy (non-hydrogen) atoms. The van der Waals surface area contributed by atoms with Gasteiger partial charge in [0.05, 0.1) is 29.7 Å². The predicted molar refractivity (Wildman–Crippen MR) is 134 cm³/mol. The number of nitrogens with zero attached hydrogens (tertiary/aromatic N) is 2. The molecular formula is C26H35N3O4S. The Hall–Kier alpha value is -2.42. The van der Waals surface area contributed by atoms with Gasteiger partial charge in [0.1, 0.15) is 5.60 Å². The Morgan fingerprint density at radius 2 is 1.88 bits per heavy atom. The molecule has 2 amide bonds. The molecule has 4 rings (SSSR count). The Morgan fingerprint density at radius 1 is 1.21 bits per heavy atom. The van der Waals surface area contributed by atoms with Crippen LogP contribution in [0, 0.1) is 6.92 Å². The van der Waals surface area contributed by atoms with E-state index in [0.717, 1.165) is 27.3 Å². The van der Waals surface area contributed by atoms with Crippen molar-refractivity contribution in [2.75, 3.05) is 40.4 Å². The molecule has 2 aromatic rings. The van der Waals surface area contributed by atoms with Gasteiger partial charge in [0.25, 0.3) is 5.91 Å². The number of amides is 2. The molecular weight excluding hydrogens is 450 g/mol. The molecule has 2 aliphatic rings. The van der Waals surface area contributed by atoms with E-state index >= 15 is 0 Å². The highest BCUT2D eigenvalue weighted by molar-refractivity contribution is 7.17. The van der Waals surface area contributed by atoms with Crippen LogP contribution in [-0.4, -0.2) is 73.8 Å². The Balaban J connectivity index is 1.42. The molecule has 2 saturated heterocycles. The van der Waals surface area contributed by atoms with Crippen molar-refractivity contribution in [3.05, 3.63) is 46.3 Å². The first kappa shape index (κ1) is 24.7. The number of hydrogen-bond donors (Lipinski definition) is 1. The molecule has 0 saturated carbocycles. The summed E-state index contributed by atoms with van der Waals surface area (Å²) in [5.74, 6) is 0.0250. The molecule has 0 radical (unpaired) electrons. The molecule has 1 aromatic carbocycles. The summed E-state index contributed by atoms with van der Waals surface area (Å²) in [5.41, 5.74) is 2.74. The normalized spacial score (nSPS) is 19.7. The summed E-state index contributed by atoms with van der Waals surface area (Å²) < 4.78 is 10.8. The number of ether oxygens (including phenoxy) is 2. The van der Waals surface area contributed by atoms with Gasteiger partial charge in [0.15, 0.2) is 0 Å². The molecule has 2 fully saturated rings. The highest BCUT2D eigenvalue weighted by Gasteiger charge is 2.42. The van der Waals surface area contributed by atoms with E-state index in [1.165, 1.54) is 16.9 Å². The fourth-order valence-corrected chi connectivity index (χ4v) is 5.59. The SMILES string of the molecule is Cc1cc(-c2ccc(C3(N(C)C)COC3)cc2)sc1C(=O)N1CC[C@H](NC(=O)OC(C)(C)C)C1. The van der Waals surface area contributed by atoms with Crippen molar-refractivity contribution < 1.29 is 19.1 Å². The van der Waals surface area contributed by atoms with Gasteiger partial charge in [-0.25, -0.2) is 4.79 Å². The van der Waals surface area contributed by atoms with Gasteiger partial charge in [-0.3, -0.25) is 9.69 Å². The third-order valence-corrected chi connectivity index (χ3v) is 7.83. The summed E-state index contributed by atoms with van der Waals surface area (Å²) in [6, 6.07) is 10.6. The molecule has 0 bridgehead atoms. The summed E-state index contributed by atoms with van der Waals surface area (Å²) >= 11 is 1.53. The smallest absolute Gasteiger partial charge is 0.407 e. The van der Waals surface area contributed by atoms with Gasteiger partial charge in [0.2, 0.25) is 0 Å². The summed E-state index contributed by atoms with van der Waals surface area (Å²) in [7, 11) is 4.17. The van der Waals surface area contributed by atoms with E-state index < -0.39 is 11.7 Å². The molecule has 184 valence electrons. The number of carbonyl (C=O) groups is 2. The summed E-state index contributed by atoms with van der Waals surface area (Å²) in [4.78, 5) is 31.2. The lowest BCUT2D eigenvalue weighted by Gasteiger charge is -2.47. The second-order valence-electron chi connectivity index (χ2n) is 10.5. The van der Waals surface area contributed by atoms with Gasteiger partial charge in [-0.15, -0.1) is 11.3 Å². The van der Waals surface area contributed by atoms with Crippen molar-refractivity contribution in [1.29, 1.82) is 0 Å². The number of hydrogen-bond acceptors (Lipinski definition) is 6. The minimum atomic E-state index is -0.542. The molecule has 3 heterocycles. The van der Waals surface area contributed by atoms with Crippen molar-refractivity contribution in [2.45, 2.75) is 51.3 Å². The minimum Gasteiger partial charge on any atom is -0.444 e. The van der Waals surface area contributed by atoms with E-state index in [1.807, 2.05) is 32.6 Å². The molecule has 7 nitrogen and oxygen atoms in total. The lowest BCUT2D eigenvalue weighted by Crippen LogP contribution is -2.56. The molecule has 8 heteroatoms. The first-order valence-corrected chi connectivity index (χ1v) is 12.6. The number of likely N-dealkylation sites (tertiary alicyclic amines) is 1. The van der Waals surface area contributed by atoms with E-state index in [2.05, 4.69) is 54.6 Å². The highest BCUT2D eigenvalue weighted by Crippen LogP contribution is 2.37. The molecule has 1 aromatic heterocycles. The van der Waals surface area contributed by atoms with Gasteiger partial charge >= 0.3 is 6.09 Å². The zero-order chi connectivity index (χ0) is 24.7. The number of aryl methyl sites for hydroxylation is 1. The number of benzene rings is 1. The minimum absolute atomic E-state index is 0.0250. The molecule has 1 atom stereocenters. The lowest BCUT2D eigenvalue weighted by atomic mass is 9.86. The fourth-order valence-electron chi connectivity index (χ4n) is 4.44. The number of rotatable bonds is 5. The number of thiophene rings is 1. The average Bonchev–Trinajstić information content (AvgIpc) is 3.32. The number of carbonyl (C=O) groups excluding carboxylic acids is 2. The van der Waals surface area contributed by atoms with Crippen LogP contribution in [-0.2, 0) is 15.0 Å². The molecule has 0 unspecified atom stereocenters. The van der Waals surface area contributed by atoms with E-state index in [-0.39, 0.29) is 17.5 Å².